The SMILES string of the molecule is CC1(C)Oc2ccc(O)cc2C1=S. The first-order chi connectivity index (χ1) is 6.00. The van der Waals surface area contributed by atoms with Crippen LogP contribution in [0.2, 0.25) is 0 Å². The summed E-state index contributed by atoms with van der Waals surface area (Å²) in [4.78, 5) is 0.749. The summed E-state index contributed by atoms with van der Waals surface area (Å²) < 4.78 is 5.61. The van der Waals surface area contributed by atoms with Gasteiger partial charge >= 0.3 is 0 Å². The molecule has 0 saturated heterocycles. The Balaban J connectivity index is 2.57. The van der Waals surface area contributed by atoms with E-state index in [0.29, 0.717) is 0 Å². The summed E-state index contributed by atoms with van der Waals surface area (Å²) in [5, 5.41) is 9.27. The highest BCUT2D eigenvalue weighted by Gasteiger charge is 2.35. The Morgan fingerprint density at radius 2 is 2.08 bits per heavy atom. The van der Waals surface area contributed by atoms with Crippen LogP contribution >= 0.6 is 12.2 Å². The molecule has 1 aliphatic rings. The van der Waals surface area contributed by atoms with Crippen LogP contribution in [-0.4, -0.2) is 15.6 Å². The van der Waals surface area contributed by atoms with Crippen LogP contribution in [0.3, 0.4) is 0 Å². The van der Waals surface area contributed by atoms with Gasteiger partial charge in [-0.25, -0.2) is 0 Å². The summed E-state index contributed by atoms with van der Waals surface area (Å²) in [6.45, 7) is 3.85. The monoisotopic (exact) mass is 194 g/mol. The van der Waals surface area contributed by atoms with Crippen LogP contribution in [0.4, 0.5) is 0 Å². The first-order valence-electron chi connectivity index (χ1n) is 4.07. The highest BCUT2D eigenvalue weighted by molar-refractivity contribution is 7.81. The maximum atomic E-state index is 9.27. The fourth-order valence-electron chi connectivity index (χ4n) is 1.43. The lowest BCUT2D eigenvalue weighted by Gasteiger charge is -2.17. The van der Waals surface area contributed by atoms with Gasteiger partial charge < -0.3 is 9.84 Å². The second kappa shape index (κ2) is 2.45. The first-order valence-corrected chi connectivity index (χ1v) is 4.48. The molecule has 1 N–H and O–H groups in total. The zero-order valence-corrected chi connectivity index (χ0v) is 8.31. The number of phenolic OH excluding ortho intramolecular Hbond substituents is 1. The first kappa shape index (κ1) is 8.51. The molecular weight excluding hydrogens is 184 g/mol. The molecule has 0 aromatic heterocycles. The van der Waals surface area contributed by atoms with E-state index in [4.69, 9.17) is 17.0 Å². The molecule has 0 fully saturated rings. The van der Waals surface area contributed by atoms with Gasteiger partial charge in [-0.2, -0.15) is 0 Å². The average molecular weight is 194 g/mol. The molecule has 0 saturated carbocycles. The van der Waals surface area contributed by atoms with Crippen LogP contribution in [0.1, 0.15) is 19.4 Å². The van der Waals surface area contributed by atoms with Gasteiger partial charge in [0.15, 0.2) is 0 Å². The number of phenols is 1. The van der Waals surface area contributed by atoms with Gasteiger partial charge in [-0.3, -0.25) is 0 Å². The number of rotatable bonds is 0. The molecule has 1 heterocycles. The third-order valence-electron chi connectivity index (χ3n) is 2.12. The number of thiocarbonyl (C=S) groups is 1. The lowest BCUT2D eigenvalue weighted by atomic mass is 10.0. The molecule has 0 spiro atoms. The van der Waals surface area contributed by atoms with Crippen LogP contribution < -0.4 is 4.74 Å². The van der Waals surface area contributed by atoms with Gasteiger partial charge in [0, 0.05) is 5.56 Å². The number of ether oxygens (including phenoxy) is 1. The van der Waals surface area contributed by atoms with Crippen molar-refractivity contribution >= 4 is 17.1 Å². The standard InChI is InChI=1S/C10H10O2S/c1-10(2)9(13)7-5-6(11)3-4-8(7)12-10/h3-5,11H,1-2H3. The third kappa shape index (κ3) is 1.20. The summed E-state index contributed by atoms with van der Waals surface area (Å²) in [5.41, 5.74) is 0.408. The average Bonchev–Trinajstić information content (AvgIpc) is 2.26. The van der Waals surface area contributed by atoms with Gasteiger partial charge in [-0.05, 0) is 32.0 Å². The van der Waals surface area contributed by atoms with Gasteiger partial charge in [0.2, 0.25) is 0 Å². The van der Waals surface area contributed by atoms with Crippen molar-refractivity contribution in [3.63, 3.8) is 0 Å². The van der Waals surface area contributed by atoms with Crippen molar-refractivity contribution in [3.05, 3.63) is 23.8 Å². The fraction of sp³-hybridized carbons (Fsp3) is 0.300. The van der Waals surface area contributed by atoms with E-state index in [1.54, 1.807) is 18.2 Å². The highest BCUT2D eigenvalue weighted by Crippen LogP contribution is 2.37. The second-order valence-corrected chi connectivity index (χ2v) is 4.03. The van der Waals surface area contributed by atoms with E-state index in [-0.39, 0.29) is 5.75 Å². The van der Waals surface area contributed by atoms with Gasteiger partial charge in [-0.15, -0.1) is 0 Å². The van der Waals surface area contributed by atoms with Gasteiger partial charge in [0.05, 0.1) is 4.86 Å². The molecule has 0 amide bonds. The molecule has 0 atom stereocenters. The molecule has 68 valence electrons. The number of benzene rings is 1. The molecule has 1 aromatic rings. The molecule has 1 aliphatic heterocycles. The van der Waals surface area contributed by atoms with E-state index in [0.717, 1.165) is 16.2 Å². The Labute approximate surface area is 82.2 Å². The number of hydrogen-bond donors (Lipinski definition) is 1. The maximum Gasteiger partial charge on any atom is 0.139 e. The van der Waals surface area contributed by atoms with Gasteiger partial charge in [-0.1, -0.05) is 12.2 Å². The summed E-state index contributed by atoms with van der Waals surface area (Å²) in [6, 6.07) is 4.99. The minimum absolute atomic E-state index is 0.224. The molecule has 0 bridgehead atoms. The Kier molecular flexibility index (Phi) is 1.60. The van der Waals surface area contributed by atoms with Crippen LogP contribution in [-0.2, 0) is 0 Å². The molecule has 2 rings (SSSR count). The third-order valence-corrected chi connectivity index (χ3v) is 2.83. The van der Waals surface area contributed by atoms with Crippen molar-refractivity contribution in [3.8, 4) is 11.5 Å². The topological polar surface area (TPSA) is 29.5 Å². The van der Waals surface area contributed by atoms with Crippen LogP contribution in [0.25, 0.3) is 0 Å². The minimum atomic E-state index is -0.425. The van der Waals surface area contributed by atoms with Gasteiger partial charge in [0.1, 0.15) is 17.1 Å². The predicted octanol–water partition coefficient (Wildman–Crippen LogP) is 2.28. The summed E-state index contributed by atoms with van der Waals surface area (Å²) in [5.74, 6) is 0.982. The fourth-order valence-corrected chi connectivity index (χ4v) is 1.63. The Morgan fingerprint density at radius 3 is 2.77 bits per heavy atom. The Bertz CT molecular complexity index is 383. The van der Waals surface area contributed by atoms with Gasteiger partial charge in [0.25, 0.3) is 0 Å². The summed E-state index contributed by atoms with van der Waals surface area (Å²) >= 11 is 5.23. The normalized spacial score (nSPS) is 18.2. The molecule has 13 heavy (non-hydrogen) atoms. The van der Waals surface area contributed by atoms with Crippen molar-refractivity contribution < 1.29 is 9.84 Å². The quantitative estimate of drug-likeness (QED) is 0.642. The summed E-state index contributed by atoms with van der Waals surface area (Å²) in [7, 11) is 0. The van der Waals surface area contributed by atoms with E-state index in [1.165, 1.54) is 0 Å². The van der Waals surface area contributed by atoms with Crippen LogP contribution in [0.15, 0.2) is 18.2 Å². The molecule has 0 radical (unpaired) electrons. The van der Waals surface area contributed by atoms with Crippen molar-refractivity contribution in [2.24, 2.45) is 0 Å². The Morgan fingerprint density at radius 1 is 1.38 bits per heavy atom. The molecule has 1 aromatic carbocycles. The van der Waals surface area contributed by atoms with E-state index in [2.05, 4.69) is 0 Å². The van der Waals surface area contributed by atoms with Crippen molar-refractivity contribution in [1.82, 2.24) is 0 Å². The molecular formula is C10H10O2S. The maximum absolute atomic E-state index is 9.27. The smallest absolute Gasteiger partial charge is 0.139 e. The largest absolute Gasteiger partial charge is 0.508 e. The number of aromatic hydroxyl groups is 1. The van der Waals surface area contributed by atoms with E-state index in [9.17, 15) is 5.11 Å². The van der Waals surface area contributed by atoms with Crippen molar-refractivity contribution in [2.45, 2.75) is 19.4 Å². The number of hydrogen-bond acceptors (Lipinski definition) is 3. The van der Waals surface area contributed by atoms with Crippen LogP contribution in [0, 0.1) is 0 Å². The molecule has 0 aliphatic carbocycles. The van der Waals surface area contributed by atoms with Crippen molar-refractivity contribution in [2.75, 3.05) is 0 Å². The predicted molar refractivity (Wildman–Crippen MR) is 54.5 cm³/mol. The molecule has 0 unspecified atom stereocenters. The lowest BCUT2D eigenvalue weighted by molar-refractivity contribution is 0.200. The van der Waals surface area contributed by atoms with Crippen LogP contribution in [0.5, 0.6) is 11.5 Å². The zero-order valence-electron chi connectivity index (χ0n) is 7.50. The van der Waals surface area contributed by atoms with Crippen molar-refractivity contribution in [1.29, 1.82) is 0 Å². The number of fused-ring (bicyclic) bond motifs is 1. The molecule has 2 nitrogen and oxygen atoms in total. The zero-order chi connectivity index (χ0) is 9.64. The molecule has 3 heteroatoms. The lowest BCUT2D eigenvalue weighted by Crippen LogP contribution is -2.31. The Hall–Kier alpha value is -1.09. The second-order valence-electron chi connectivity index (χ2n) is 3.62. The minimum Gasteiger partial charge on any atom is -0.508 e. The summed E-state index contributed by atoms with van der Waals surface area (Å²) in [6.07, 6.45) is 0. The van der Waals surface area contributed by atoms with E-state index in [1.807, 2.05) is 13.8 Å². The van der Waals surface area contributed by atoms with E-state index >= 15 is 0 Å². The van der Waals surface area contributed by atoms with E-state index < -0.39 is 5.60 Å². The highest BCUT2D eigenvalue weighted by atomic mass is 32.1.